The molecule has 1 aliphatic rings. The van der Waals surface area contributed by atoms with Gasteiger partial charge in [0.1, 0.15) is 11.9 Å². The first-order valence-corrected chi connectivity index (χ1v) is 10.5. The van der Waals surface area contributed by atoms with Crippen LogP contribution in [0.4, 0.5) is 9.18 Å². The van der Waals surface area contributed by atoms with Crippen molar-refractivity contribution in [1.82, 2.24) is 19.8 Å². The Morgan fingerprint density at radius 2 is 1.94 bits per heavy atom. The van der Waals surface area contributed by atoms with Crippen LogP contribution in [0, 0.1) is 5.82 Å². The highest BCUT2D eigenvalue weighted by atomic mass is 32.2. The Kier molecular flexibility index (Phi) is 5.85. The summed E-state index contributed by atoms with van der Waals surface area (Å²) in [7, 11) is 0. The maximum Gasteiger partial charge on any atom is 0.293 e. The van der Waals surface area contributed by atoms with E-state index in [9.17, 15) is 18.8 Å². The van der Waals surface area contributed by atoms with Crippen LogP contribution in [0.5, 0.6) is 0 Å². The molecule has 9 heteroatoms. The monoisotopic (exact) mass is 438 g/mol. The normalized spacial score (nSPS) is 16.3. The first kappa shape index (κ1) is 20.8. The lowest BCUT2D eigenvalue weighted by atomic mass is 10.2. The van der Waals surface area contributed by atoms with E-state index < -0.39 is 17.2 Å². The predicted octanol–water partition coefficient (Wildman–Crippen LogP) is 3.59. The minimum absolute atomic E-state index is 0.0640. The molecule has 0 spiro atoms. The molecular weight excluding hydrogens is 419 g/mol. The number of nitrogens with one attached hydrogen (secondary N) is 1. The number of thioether (sulfide) groups is 1. The van der Waals surface area contributed by atoms with Gasteiger partial charge in [0.15, 0.2) is 0 Å². The van der Waals surface area contributed by atoms with Crippen LogP contribution in [0.2, 0.25) is 0 Å². The summed E-state index contributed by atoms with van der Waals surface area (Å²) in [6.45, 7) is 1.96. The number of amides is 3. The molecule has 1 saturated heterocycles. The number of benzene rings is 2. The van der Waals surface area contributed by atoms with Crippen molar-refractivity contribution >= 4 is 45.9 Å². The molecule has 3 amide bonds. The van der Waals surface area contributed by atoms with Gasteiger partial charge < -0.3 is 9.88 Å². The van der Waals surface area contributed by atoms with E-state index in [1.807, 2.05) is 24.3 Å². The maximum atomic E-state index is 13.0. The third-order valence-corrected chi connectivity index (χ3v) is 5.86. The van der Waals surface area contributed by atoms with Crippen LogP contribution >= 0.6 is 11.8 Å². The summed E-state index contributed by atoms with van der Waals surface area (Å²) in [6.07, 6.45) is 3.17. The molecule has 158 valence electrons. The number of nitrogens with zero attached hydrogens (tertiary/aromatic N) is 3. The summed E-state index contributed by atoms with van der Waals surface area (Å²) in [5, 5.41) is 2.37. The molecule has 1 aliphatic heterocycles. The Morgan fingerprint density at radius 1 is 1.19 bits per heavy atom. The molecule has 0 bridgehead atoms. The molecule has 0 aliphatic carbocycles. The number of aromatic nitrogens is 2. The molecule has 0 radical (unpaired) electrons. The van der Waals surface area contributed by atoms with E-state index in [1.165, 1.54) is 24.3 Å². The van der Waals surface area contributed by atoms with Gasteiger partial charge in [-0.1, -0.05) is 24.3 Å². The molecule has 0 saturated carbocycles. The minimum Gasteiger partial charge on any atom is -0.353 e. The van der Waals surface area contributed by atoms with Crippen molar-refractivity contribution in [1.29, 1.82) is 0 Å². The number of fused-ring (bicyclic) bond motifs is 1. The van der Waals surface area contributed by atoms with Crippen molar-refractivity contribution in [3.8, 4) is 0 Å². The average molecular weight is 438 g/mol. The van der Waals surface area contributed by atoms with Crippen molar-refractivity contribution in [3.05, 3.63) is 71.1 Å². The van der Waals surface area contributed by atoms with E-state index in [1.54, 1.807) is 23.9 Å². The van der Waals surface area contributed by atoms with Gasteiger partial charge in [0.2, 0.25) is 5.91 Å². The van der Waals surface area contributed by atoms with Crippen LogP contribution in [0.3, 0.4) is 0 Å². The molecule has 2 heterocycles. The summed E-state index contributed by atoms with van der Waals surface area (Å²) in [6, 6.07) is 12.7. The number of hydrogen-bond donors (Lipinski definition) is 1. The molecule has 3 aromatic rings. The lowest BCUT2D eigenvalue weighted by Gasteiger charge is -2.17. The molecule has 7 nitrogen and oxygen atoms in total. The number of hydrogen-bond acceptors (Lipinski definition) is 5. The lowest BCUT2D eigenvalue weighted by molar-refractivity contribution is -0.125. The van der Waals surface area contributed by atoms with E-state index in [0.717, 1.165) is 27.7 Å². The topological polar surface area (TPSA) is 84.3 Å². The number of halogens is 1. The summed E-state index contributed by atoms with van der Waals surface area (Å²) < 4.78 is 14.8. The van der Waals surface area contributed by atoms with Gasteiger partial charge in [-0.25, -0.2) is 9.37 Å². The first-order valence-electron chi connectivity index (χ1n) is 9.64. The fraction of sp³-hybridized carbons (Fsp3) is 0.182. The lowest BCUT2D eigenvalue weighted by Crippen LogP contribution is -2.39. The molecule has 31 heavy (non-hydrogen) atoms. The fourth-order valence-electron chi connectivity index (χ4n) is 3.25. The Hall–Kier alpha value is -3.46. The molecule has 1 atom stereocenters. The van der Waals surface area contributed by atoms with E-state index in [-0.39, 0.29) is 29.7 Å². The van der Waals surface area contributed by atoms with Crippen LogP contribution in [-0.2, 0) is 9.59 Å². The van der Waals surface area contributed by atoms with Crippen molar-refractivity contribution in [3.63, 3.8) is 0 Å². The minimum atomic E-state index is -0.499. The van der Waals surface area contributed by atoms with Gasteiger partial charge in [0.05, 0.1) is 22.3 Å². The predicted molar refractivity (Wildman–Crippen MR) is 117 cm³/mol. The average Bonchev–Trinajstić information content (AvgIpc) is 3.31. The smallest absolute Gasteiger partial charge is 0.293 e. The van der Waals surface area contributed by atoms with Gasteiger partial charge in [-0.15, -0.1) is 0 Å². The van der Waals surface area contributed by atoms with Crippen molar-refractivity contribution in [2.45, 2.75) is 13.0 Å². The molecule has 1 fully saturated rings. The second-order valence-corrected chi connectivity index (χ2v) is 7.99. The van der Waals surface area contributed by atoms with Gasteiger partial charge in [-0.2, -0.15) is 0 Å². The van der Waals surface area contributed by atoms with Crippen molar-refractivity contribution < 1.29 is 18.8 Å². The summed E-state index contributed by atoms with van der Waals surface area (Å²) in [4.78, 5) is 43.0. The summed E-state index contributed by atoms with van der Waals surface area (Å²) in [5.41, 5.74) is 2.27. The highest BCUT2D eigenvalue weighted by molar-refractivity contribution is 8.18. The number of rotatable bonds is 6. The molecule has 1 aromatic heterocycles. The van der Waals surface area contributed by atoms with E-state index in [2.05, 4.69) is 10.3 Å². The zero-order chi connectivity index (χ0) is 22.0. The van der Waals surface area contributed by atoms with Gasteiger partial charge in [0, 0.05) is 13.1 Å². The SMILES string of the molecule is CC(C(=O)NCCN1C(=O)S/C(=C\c2ccc(F)cc2)C1=O)n1cnc2ccccc21. The third-order valence-electron chi connectivity index (χ3n) is 4.95. The molecule has 1 unspecified atom stereocenters. The summed E-state index contributed by atoms with van der Waals surface area (Å²) in [5.74, 6) is -1.04. The molecule has 1 N–H and O–H groups in total. The molecule has 2 aromatic carbocycles. The summed E-state index contributed by atoms with van der Waals surface area (Å²) >= 11 is 0.825. The zero-order valence-electron chi connectivity index (χ0n) is 16.6. The van der Waals surface area contributed by atoms with Gasteiger partial charge >= 0.3 is 0 Å². The maximum absolute atomic E-state index is 13.0. The van der Waals surface area contributed by atoms with Crippen LogP contribution < -0.4 is 5.32 Å². The Labute approximate surface area is 181 Å². The van der Waals surface area contributed by atoms with E-state index in [0.29, 0.717) is 5.56 Å². The largest absolute Gasteiger partial charge is 0.353 e. The molecule has 4 rings (SSSR count). The van der Waals surface area contributed by atoms with Gasteiger partial charge in [0.25, 0.3) is 11.1 Å². The quantitative estimate of drug-likeness (QED) is 0.595. The van der Waals surface area contributed by atoms with Gasteiger partial charge in [-0.3, -0.25) is 19.3 Å². The number of imide groups is 1. The van der Waals surface area contributed by atoms with Crippen molar-refractivity contribution in [2.24, 2.45) is 0 Å². The van der Waals surface area contributed by atoms with Crippen LogP contribution in [0.15, 0.2) is 59.8 Å². The van der Waals surface area contributed by atoms with Crippen LogP contribution in [0.25, 0.3) is 17.1 Å². The number of para-hydroxylation sites is 2. The number of carbonyl (C=O) groups excluding carboxylic acids is 3. The second kappa shape index (κ2) is 8.73. The standard InChI is InChI=1S/C22H19FN4O3S/c1-14(27-13-25-17-4-2-3-5-18(17)27)20(28)24-10-11-26-21(29)19(31-22(26)30)12-15-6-8-16(23)9-7-15/h2-9,12-14H,10-11H2,1H3,(H,24,28)/b19-12-. The Morgan fingerprint density at radius 3 is 2.71 bits per heavy atom. The highest BCUT2D eigenvalue weighted by Crippen LogP contribution is 2.31. The van der Waals surface area contributed by atoms with E-state index >= 15 is 0 Å². The van der Waals surface area contributed by atoms with Crippen LogP contribution in [-0.4, -0.2) is 44.6 Å². The third kappa shape index (κ3) is 4.36. The number of imidazole rings is 1. The van der Waals surface area contributed by atoms with E-state index in [4.69, 9.17) is 0 Å². The fourth-order valence-corrected chi connectivity index (χ4v) is 4.12. The Bertz CT molecular complexity index is 1190. The van der Waals surface area contributed by atoms with Gasteiger partial charge in [-0.05, 0) is 54.6 Å². The highest BCUT2D eigenvalue weighted by Gasteiger charge is 2.34. The van der Waals surface area contributed by atoms with Crippen molar-refractivity contribution in [2.75, 3.05) is 13.1 Å². The first-order chi connectivity index (χ1) is 14.9. The number of carbonyl (C=O) groups is 3. The zero-order valence-corrected chi connectivity index (χ0v) is 17.4. The molecular formula is C22H19FN4O3S. The Balaban J connectivity index is 1.35. The second-order valence-electron chi connectivity index (χ2n) is 6.99. The van der Waals surface area contributed by atoms with Crippen LogP contribution in [0.1, 0.15) is 18.5 Å².